The Balaban J connectivity index is 1.94. The average Bonchev–Trinajstić information content (AvgIpc) is 3.03. The summed E-state index contributed by atoms with van der Waals surface area (Å²) in [6, 6.07) is 1.20. The van der Waals surface area contributed by atoms with Gasteiger partial charge in [-0.15, -0.1) is 0 Å². The Morgan fingerprint density at radius 1 is 1.48 bits per heavy atom. The standard InChI is InChI=1S/C13H15F3N6O/c1-3-21-13(16)9(6-18-21)5-17-19-11(23)7-22-8(2)4-10(20-22)12(14)15/h4-6,12H,3,7H2,1-2H3,(H,19,23)/b17-5+. The molecular formula is C13H15F3N6O. The van der Waals surface area contributed by atoms with Gasteiger partial charge in [0.15, 0.2) is 0 Å². The van der Waals surface area contributed by atoms with Crippen LogP contribution < -0.4 is 5.43 Å². The maximum atomic E-state index is 13.6. The van der Waals surface area contributed by atoms with Crippen LogP contribution in [0.15, 0.2) is 17.4 Å². The molecule has 0 radical (unpaired) electrons. The second-order valence-electron chi connectivity index (χ2n) is 4.67. The van der Waals surface area contributed by atoms with Crippen molar-refractivity contribution in [2.45, 2.75) is 33.4 Å². The van der Waals surface area contributed by atoms with Crippen molar-refractivity contribution in [3.63, 3.8) is 0 Å². The number of amides is 1. The summed E-state index contributed by atoms with van der Waals surface area (Å²) in [5.74, 6) is -1.13. The molecule has 124 valence electrons. The first-order valence-corrected chi connectivity index (χ1v) is 6.78. The summed E-state index contributed by atoms with van der Waals surface area (Å²) in [7, 11) is 0. The fraction of sp³-hybridized carbons (Fsp3) is 0.385. The second-order valence-corrected chi connectivity index (χ2v) is 4.67. The monoisotopic (exact) mass is 328 g/mol. The van der Waals surface area contributed by atoms with E-state index in [1.54, 1.807) is 13.8 Å². The van der Waals surface area contributed by atoms with Gasteiger partial charge in [-0.05, 0) is 19.9 Å². The molecule has 1 N–H and O–H groups in total. The highest BCUT2D eigenvalue weighted by Crippen LogP contribution is 2.17. The van der Waals surface area contributed by atoms with Crippen LogP contribution in [-0.2, 0) is 17.9 Å². The number of nitrogens with one attached hydrogen (secondary N) is 1. The minimum atomic E-state index is -2.70. The van der Waals surface area contributed by atoms with Crippen molar-refractivity contribution in [1.29, 1.82) is 0 Å². The molecule has 0 aromatic carbocycles. The molecule has 0 aliphatic carbocycles. The van der Waals surface area contributed by atoms with Crippen molar-refractivity contribution in [2.75, 3.05) is 0 Å². The number of carbonyl (C=O) groups excluding carboxylic acids is 1. The maximum Gasteiger partial charge on any atom is 0.282 e. The summed E-state index contributed by atoms with van der Waals surface area (Å²) in [6.45, 7) is 3.40. The Hall–Kier alpha value is -2.65. The molecule has 0 saturated carbocycles. The number of hydrazone groups is 1. The lowest BCUT2D eigenvalue weighted by Gasteiger charge is -2.02. The van der Waals surface area contributed by atoms with Crippen LogP contribution in [0.1, 0.15) is 30.3 Å². The number of nitrogens with zero attached hydrogens (tertiary/aromatic N) is 5. The third-order valence-electron chi connectivity index (χ3n) is 3.01. The fourth-order valence-corrected chi connectivity index (χ4v) is 1.84. The van der Waals surface area contributed by atoms with Gasteiger partial charge in [0.05, 0.1) is 18.0 Å². The summed E-state index contributed by atoms with van der Waals surface area (Å²) >= 11 is 0. The molecular weight excluding hydrogens is 313 g/mol. The average molecular weight is 328 g/mol. The van der Waals surface area contributed by atoms with E-state index in [2.05, 4.69) is 20.7 Å². The second kappa shape index (κ2) is 7.07. The Bertz CT molecular complexity index is 721. The zero-order valence-electron chi connectivity index (χ0n) is 12.5. The fourth-order valence-electron chi connectivity index (χ4n) is 1.84. The molecule has 7 nitrogen and oxygen atoms in total. The van der Waals surface area contributed by atoms with Gasteiger partial charge in [-0.2, -0.15) is 19.7 Å². The number of halogens is 3. The van der Waals surface area contributed by atoms with Crippen LogP contribution in [0.5, 0.6) is 0 Å². The van der Waals surface area contributed by atoms with E-state index in [1.165, 1.54) is 12.3 Å². The van der Waals surface area contributed by atoms with Crippen LogP contribution in [0.2, 0.25) is 0 Å². The maximum absolute atomic E-state index is 13.6. The molecule has 10 heteroatoms. The SMILES string of the molecule is CCn1ncc(/C=N/NC(=O)Cn2nc(C(F)F)cc2C)c1F. The molecule has 0 aliphatic rings. The summed E-state index contributed by atoms with van der Waals surface area (Å²) in [5, 5.41) is 11.0. The molecule has 2 aromatic heterocycles. The van der Waals surface area contributed by atoms with Gasteiger partial charge in [0, 0.05) is 12.2 Å². The van der Waals surface area contributed by atoms with Gasteiger partial charge in [-0.25, -0.2) is 18.9 Å². The van der Waals surface area contributed by atoms with E-state index in [4.69, 9.17) is 0 Å². The van der Waals surface area contributed by atoms with Crippen molar-refractivity contribution in [2.24, 2.45) is 5.10 Å². The third kappa shape index (κ3) is 3.96. The van der Waals surface area contributed by atoms with Crippen molar-refractivity contribution < 1.29 is 18.0 Å². The molecule has 0 saturated heterocycles. The van der Waals surface area contributed by atoms with Gasteiger partial charge < -0.3 is 0 Å². The normalized spacial score (nSPS) is 11.6. The van der Waals surface area contributed by atoms with E-state index in [0.29, 0.717) is 12.2 Å². The Morgan fingerprint density at radius 3 is 2.78 bits per heavy atom. The summed E-state index contributed by atoms with van der Waals surface area (Å²) < 4.78 is 41.0. The number of aromatic nitrogens is 4. The van der Waals surface area contributed by atoms with E-state index in [0.717, 1.165) is 15.6 Å². The topological polar surface area (TPSA) is 77.1 Å². The zero-order valence-corrected chi connectivity index (χ0v) is 12.5. The van der Waals surface area contributed by atoms with Gasteiger partial charge in [-0.1, -0.05) is 0 Å². The molecule has 0 bridgehead atoms. The molecule has 2 rings (SSSR count). The summed E-state index contributed by atoms with van der Waals surface area (Å²) in [4.78, 5) is 11.7. The van der Waals surface area contributed by atoms with E-state index >= 15 is 0 Å². The number of aryl methyl sites for hydroxylation is 2. The predicted molar refractivity (Wildman–Crippen MR) is 75.5 cm³/mol. The minimum absolute atomic E-state index is 0.127. The number of alkyl halides is 2. The van der Waals surface area contributed by atoms with E-state index in [1.807, 2.05) is 0 Å². The van der Waals surface area contributed by atoms with Crippen LogP contribution in [0.3, 0.4) is 0 Å². The molecule has 1 amide bonds. The van der Waals surface area contributed by atoms with Crippen LogP contribution >= 0.6 is 0 Å². The first-order chi connectivity index (χ1) is 10.9. The first-order valence-electron chi connectivity index (χ1n) is 6.78. The van der Waals surface area contributed by atoms with Crippen LogP contribution in [0.25, 0.3) is 0 Å². The molecule has 0 spiro atoms. The van der Waals surface area contributed by atoms with Gasteiger partial charge in [0.2, 0.25) is 5.95 Å². The Kier molecular flexibility index (Phi) is 5.14. The lowest BCUT2D eigenvalue weighted by molar-refractivity contribution is -0.121. The van der Waals surface area contributed by atoms with Crippen LogP contribution in [-0.4, -0.2) is 31.7 Å². The van der Waals surface area contributed by atoms with Crippen LogP contribution in [0.4, 0.5) is 13.2 Å². The van der Waals surface area contributed by atoms with Gasteiger partial charge in [-0.3, -0.25) is 9.48 Å². The lowest BCUT2D eigenvalue weighted by Crippen LogP contribution is -2.24. The van der Waals surface area contributed by atoms with Crippen molar-refractivity contribution in [3.05, 3.63) is 35.2 Å². The lowest BCUT2D eigenvalue weighted by atomic mass is 10.4. The highest BCUT2D eigenvalue weighted by molar-refractivity contribution is 5.82. The van der Waals surface area contributed by atoms with Gasteiger partial charge >= 0.3 is 0 Å². The van der Waals surface area contributed by atoms with Crippen LogP contribution in [0, 0.1) is 12.9 Å². The number of hydrogen-bond acceptors (Lipinski definition) is 4. The number of rotatable bonds is 6. The highest BCUT2D eigenvalue weighted by Gasteiger charge is 2.15. The van der Waals surface area contributed by atoms with E-state index < -0.39 is 24.0 Å². The van der Waals surface area contributed by atoms with Crippen molar-refractivity contribution in [3.8, 4) is 0 Å². The molecule has 0 unspecified atom stereocenters. The molecule has 2 heterocycles. The Morgan fingerprint density at radius 2 is 2.22 bits per heavy atom. The minimum Gasteiger partial charge on any atom is -0.271 e. The molecule has 0 aliphatic heterocycles. The smallest absolute Gasteiger partial charge is 0.271 e. The molecule has 23 heavy (non-hydrogen) atoms. The molecule has 2 aromatic rings. The highest BCUT2D eigenvalue weighted by atomic mass is 19.3. The summed E-state index contributed by atoms with van der Waals surface area (Å²) in [6.07, 6.45) is -0.303. The number of carbonyl (C=O) groups is 1. The molecule has 0 fully saturated rings. The Labute approximate surface area is 129 Å². The van der Waals surface area contributed by atoms with Crippen molar-refractivity contribution >= 4 is 12.1 Å². The zero-order chi connectivity index (χ0) is 17.0. The number of hydrogen-bond donors (Lipinski definition) is 1. The first kappa shape index (κ1) is 16.7. The largest absolute Gasteiger partial charge is 0.282 e. The van der Waals surface area contributed by atoms with E-state index in [9.17, 15) is 18.0 Å². The molecule has 0 atom stereocenters. The third-order valence-corrected chi connectivity index (χ3v) is 3.01. The quantitative estimate of drug-likeness (QED) is 0.647. The van der Waals surface area contributed by atoms with Crippen molar-refractivity contribution in [1.82, 2.24) is 25.0 Å². The predicted octanol–water partition coefficient (Wildman–Crippen LogP) is 1.63. The van der Waals surface area contributed by atoms with Gasteiger partial charge in [0.1, 0.15) is 12.2 Å². The summed E-state index contributed by atoms with van der Waals surface area (Å²) in [5.41, 5.74) is 2.34. The van der Waals surface area contributed by atoms with Gasteiger partial charge in [0.25, 0.3) is 12.3 Å². The van der Waals surface area contributed by atoms with E-state index in [-0.39, 0.29) is 12.1 Å².